The number of aromatic amines is 1. The van der Waals surface area contributed by atoms with Crippen LogP contribution in [-0.4, -0.2) is 28.0 Å². The summed E-state index contributed by atoms with van der Waals surface area (Å²) < 4.78 is 14.9. The van der Waals surface area contributed by atoms with Crippen LogP contribution in [0.15, 0.2) is 59.7 Å². The molecule has 162 valence electrons. The van der Waals surface area contributed by atoms with E-state index in [9.17, 15) is 9.18 Å². The third kappa shape index (κ3) is 3.93. The second-order valence-corrected chi connectivity index (χ2v) is 8.15. The quantitative estimate of drug-likeness (QED) is 0.468. The lowest BCUT2D eigenvalue weighted by atomic mass is 10.1. The fourth-order valence-corrected chi connectivity index (χ4v) is 4.18. The third-order valence-electron chi connectivity index (χ3n) is 5.87. The predicted molar refractivity (Wildman–Crippen MR) is 126 cm³/mol. The van der Waals surface area contributed by atoms with Gasteiger partial charge in [-0.3, -0.25) is 9.78 Å². The number of hydrogen-bond acceptors (Lipinski definition) is 5. The fraction of sp³-hybridized carbons (Fsp3) is 0.240. The van der Waals surface area contributed by atoms with Gasteiger partial charge in [-0.15, -0.1) is 0 Å². The monoisotopic (exact) mass is 429 g/mol. The molecule has 2 N–H and O–H groups in total. The van der Waals surface area contributed by atoms with Crippen molar-refractivity contribution < 1.29 is 4.39 Å². The normalized spacial score (nSPS) is 14.0. The standard InChI is InChI=1S/C25H24FN5O/c1-16-5-6-18(15-28-16)21-13-17-9-10-27-25(32)23(17)24(30-21)29-19-7-8-22(20(26)14-19)31-11-3-2-4-12-31/h5-10,13-15H,2-4,11-12H2,1H3,(H,27,32)(H,29,30). The van der Waals surface area contributed by atoms with Crippen molar-refractivity contribution in [2.24, 2.45) is 0 Å². The van der Waals surface area contributed by atoms with Crippen molar-refractivity contribution in [2.45, 2.75) is 26.2 Å². The van der Waals surface area contributed by atoms with Gasteiger partial charge in [0.25, 0.3) is 5.56 Å². The van der Waals surface area contributed by atoms with Crippen LogP contribution in [0.2, 0.25) is 0 Å². The van der Waals surface area contributed by atoms with E-state index in [1.165, 1.54) is 12.5 Å². The van der Waals surface area contributed by atoms with Gasteiger partial charge < -0.3 is 15.2 Å². The summed E-state index contributed by atoms with van der Waals surface area (Å²) in [5.41, 5.74) is 3.34. The lowest BCUT2D eigenvalue weighted by molar-refractivity contribution is 0.557. The van der Waals surface area contributed by atoms with Gasteiger partial charge >= 0.3 is 0 Å². The van der Waals surface area contributed by atoms with Gasteiger partial charge in [0.05, 0.1) is 16.8 Å². The zero-order valence-corrected chi connectivity index (χ0v) is 17.9. The SMILES string of the molecule is Cc1ccc(-c2cc3cc[nH]c(=O)c3c(Nc3ccc(N4CCCCC4)c(F)c3)n2)cn1. The summed E-state index contributed by atoms with van der Waals surface area (Å²) in [4.78, 5) is 26.4. The van der Waals surface area contributed by atoms with E-state index < -0.39 is 0 Å². The number of piperidine rings is 1. The molecule has 3 aromatic heterocycles. The van der Waals surface area contributed by atoms with Crippen LogP contribution in [0.25, 0.3) is 22.0 Å². The molecular weight excluding hydrogens is 405 g/mol. The molecule has 0 radical (unpaired) electrons. The van der Waals surface area contributed by atoms with Crippen LogP contribution >= 0.6 is 0 Å². The van der Waals surface area contributed by atoms with Crippen molar-refractivity contribution in [1.29, 1.82) is 0 Å². The Hall–Kier alpha value is -3.74. The maximum absolute atomic E-state index is 14.9. The van der Waals surface area contributed by atoms with E-state index in [4.69, 9.17) is 4.98 Å². The molecule has 6 nitrogen and oxygen atoms in total. The van der Waals surface area contributed by atoms with Crippen LogP contribution in [0.1, 0.15) is 25.0 Å². The Morgan fingerprint density at radius 3 is 2.66 bits per heavy atom. The molecule has 1 aliphatic rings. The van der Waals surface area contributed by atoms with E-state index >= 15 is 0 Å². The van der Waals surface area contributed by atoms with E-state index in [1.54, 1.807) is 18.5 Å². The minimum Gasteiger partial charge on any atom is -0.369 e. The Balaban J connectivity index is 1.55. The Kier molecular flexibility index (Phi) is 5.31. The highest BCUT2D eigenvalue weighted by molar-refractivity contribution is 5.95. The molecule has 0 bridgehead atoms. The molecule has 0 aliphatic carbocycles. The van der Waals surface area contributed by atoms with Gasteiger partial charge in [-0.25, -0.2) is 9.37 Å². The smallest absolute Gasteiger partial charge is 0.259 e. The molecular formula is C25H24FN5O. The molecule has 0 saturated carbocycles. The number of aromatic nitrogens is 3. The molecule has 4 aromatic rings. The zero-order chi connectivity index (χ0) is 22.1. The highest BCUT2D eigenvalue weighted by Crippen LogP contribution is 2.30. The number of hydrogen-bond donors (Lipinski definition) is 2. The van der Waals surface area contributed by atoms with Crippen molar-refractivity contribution in [2.75, 3.05) is 23.3 Å². The average Bonchev–Trinajstić information content (AvgIpc) is 2.80. The van der Waals surface area contributed by atoms with Crippen molar-refractivity contribution in [3.63, 3.8) is 0 Å². The number of halogens is 1. The highest BCUT2D eigenvalue weighted by Gasteiger charge is 2.16. The number of benzene rings is 1. The number of H-pyrrole nitrogens is 1. The summed E-state index contributed by atoms with van der Waals surface area (Å²) in [6, 6.07) is 12.6. The second kappa shape index (κ2) is 8.42. The van der Waals surface area contributed by atoms with Gasteiger partial charge in [0.2, 0.25) is 0 Å². The predicted octanol–water partition coefficient (Wildman–Crippen LogP) is 5.17. The van der Waals surface area contributed by atoms with Gasteiger partial charge in [0.1, 0.15) is 11.6 Å². The lowest BCUT2D eigenvalue weighted by Gasteiger charge is -2.29. The van der Waals surface area contributed by atoms with Crippen molar-refractivity contribution in [3.8, 4) is 11.3 Å². The summed E-state index contributed by atoms with van der Waals surface area (Å²) in [6.07, 6.45) is 6.72. The maximum Gasteiger partial charge on any atom is 0.259 e. The first-order valence-electron chi connectivity index (χ1n) is 10.9. The summed E-state index contributed by atoms with van der Waals surface area (Å²) in [5.74, 6) is 0.0963. The maximum atomic E-state index is 14.9. The molecule has 4 heterocycles. The minimum atomic E-state index is -0.283. The Morgan fingerprint density at radius 1 is 1.06 bits per heavy atom. The summed E-state index contributed by atoms with van der Waals surface area (Å²) in [7, 11) is 0. The summed E-state index contributed by atoms with van der Waals surface area (Å²) in [6.45, 7) is 3.67. The molecule has 32 heavy (non-hydrogen) atoms. The first-order valence-corrected chi connectivity index (χ1v) is 10.9. The summed E-state index contributed by atoms with van der Waals surface area (Å²) >= 11 is 0. The molecule has 0 atom stereocenters. The van der Waals surface area contributed by atoms with Crippen LogP contribution < -0.4 is 15.8 Å². The van der Waals surface area contributed by atoms with Crippen LogP contribution in [0.4, 0.5) is 21.6 Å². The van der Waals surface area contributed by atoms with Crippen molar-refractivity contribution in [3.05, 3.63) is 76.7 Å². The van der Waals surface area contributed by atoms with Crippen LogP contribution in [-0.2, 0) is 0 Å². The minimum absolute atomic E-state index is 0.253. The third-order valence-corrected chi connectivity index (χ3v) is 5.87. The molecule has 1 saturated heterocycles. The van der Waals surface area contributed by atoms with Gasteiger partial charge in [-0.05, 0) is 74.0 Å². The molecule has 0 spiro atoms. The highest BCUT2D eigenvalue weighted by atomic mass is 19.1. The molecule has 0 amide bonds. The molecule has 5 rings (SSSR count). The topological polar surface area (TPSA) is 73.9 Å². The first kappa shape index (κ1) is 20.2. The van der Waals surface area contributed by atoms with Crippen LogP contribution in [0.3, 0.4) is 0 Å². The first-order chi connectivity index (χ1) is 15.6. The van der Waals surface area contributed by atoms with E-state index in [0.29, 0.717) is 28.3 Å². The number of aryl methyl sites for hydroxylation is 1. The Bertz CT molecular complexity index is 1330. The molecule has 0 unspecified atom stereocenters. The summed E-state index contributed by atoms with van der Waals surface area (Å²) in [5, 5.41) is 4.34. The van der Waals surface area contributed by atoms with Gasteiger partial charge in [-0.1, -0.05) is 0 Å². The van der Waals surface area contributed by atoms with Crippen LogP contribution in [0.5, 0.6) is 0 Å². The Morgan fingerprint density at radius 2 is 1.91 bits per heavy atom. The number of pyridine rings is 3. The number of anilines is 3. The number of fused-ring (bicyclic) bond motifs is 1. The van der Waals surface area contributed by atoms with E-state index in [-0.39, 0.29) is 11.4 Å². The van der Waals surface area contributed by atoms with E-state index in [1.807, 2.05) is 37.3 Å². The van der Waals surface area contributed by atoms with Gasteiger partial charge in [-0.2, -0.15) is 0 Å². The second-order valence-electron chi connectivity index (χ2n) is 8.15. The Labute approximate surface area is 185 Å². The zero-order valence-electron chi connectivity index (χ0n) is 17.9. The number of nitrogens with zero attached hydrogens (tertiary/aromatic N) is 3. The fourth-order valence-electron chi connectivity index (χ4n) is 4.18. The lowest BCUT2D eigenvalue weighted by Crippen LogP contribution is -2.30. The van der Waals surface area contributed by atoms with Crippen molar-refractivity contribution >= 4 is 28.0 Å². The molecule has 1 aliphatic heterocycles. The van der Waals surface area contributed by atoms with Gasteiger partial charge in [0.15, 0.2) is 0 Å². The van der Waals surface area contributed by atoms with Crippen LogP contribution in [0, 0.1) is 12.7 Å². The molecule has 1 aromatic carbocycles. The van der Waals surface area contributed by atoms with E-state index in [0.717, 1.165) is 42.6 Å². The van der Waals surface area contributed by atoms with Gasteiger partial charge in [0, 0.05) is 42.4 Å². The van der Waals surface area contributed by atoms with E-state index in [2.05, 4.69) is 20.2 Å². The molecule has 7 heteroatoms. The number of rotatable bonds is 4. The largest absolute Gasteiger partial charge is 0.369 e. The average molecular weight is 429 g/mol. The molecule has 1 fully saturated rings. The van der Waals surface area contributed by atoms with Crippen molar-refractivity contribution in [1.82, 2.24) is 15.0 Å². The number of nitrogens with one attached hydrogen (secondary N) is 2.